The fraction of sp³-hybridized carbons (Fsp3) is 0.308. The molecule has 1 aliphatic rings. The van der Waals surface area contributed by atoms with E-state index in [1.54, 1.807) is 38.3 Å². The summed E-state index contributed by atoms with van der Waals surface area (Å²) in [4.78, 5) is 12.6. The minimum absolute atomic E-state index is 0.0338. The first-order valence-electron chi connectivity index (χ1n) is 11.6. The Morgan fingerprint density at radius 3 is 2.44 bits per heavy atom. The molecule has 0 spiro atoms. The van der Waals surface area contributed by atoms with Crippen molar-refractivity contribution < 1.29 is 26.9 Å². The van der Waals surface area contributed by atoms with E-state index < -0.39 is 10.0 Å². The van der Waals surface area contributed by atoms with Crippen LogP contribution in [0.1, 0.15) is 35.4 Å². The third-order valence-electron chi connectivity index (χ3n) is 6.18. The van der Waals surface area contributed by atoms with Gasteiger partial charge in [0, 0.05) is 25.6 Å². The highest BCUT2D eigenvalue weighted by Gasteiger charge is 2.35. The van der Waals surface area contributed by atoms with Crippen LogP contribution < -0.4 is 10.1 Å². The Kier molecular flexibility index (Phi) is 7.85. The van der Waals surface area contributed by atoms with Crippen molar-refractivity contribution in [2.75, 3.05) is 20.2 Å². The fourth-order valence-electron chi connectivity index (χ4n) is 4.11. The van der Waals surface area contributed by atoms with Crippen molar-refractivity contribution >= 4 is 28.1 Å². The molecule has 1 amide bonds. The lowest BCUT2D eigenvalue weighted by Gasteiger charge is -2.30. The molecule has 2 aromatic carbocycles. The zero-order chi connectivity index (χ0) is 25.7. The molecule has 190 valence electrons. The lowest BCUT2D eigenvalue weighted by Crippen LogP contribution is -2.43. The average molecular weight is 514 g/mol. The standard InChI is InChI=1S/C26H28FN3O5S/c1-18-25(24(35-29-18)12-7-19-5-10-23(34-2)11-6-19)36(32,33)30-15-13-21(14-16-30)26(31)28-17-20-3-8-22(27)9-4-20/h3-12,21H,13-17H2,1-2H3,(H,28,31)/b12-7-. The normalized spacial score (nSPS) is 15.3. The smallest absolute Gasteiger partial charge is 0.248 e. The highest BCUT2D eigenvalue weighted by atomic mass is 32.2. The molecule has 0 saturated carbocycles. The van der Waals surface area contributed by atoms with E-state index >= 15 is 0 Å². The van der Waals surface area contributed by atoms with Crippen molar-refractivity contribution in [2.45, 2.75) is 31.2 Å². The molecule has 1 N–H and O–H groups in total. The van der Waals surface area contributed by atoms with Crippen molar-refractivity contribution in [1.29, 1.82) is 0 Å². The summed E-state index contributed by atoms with van der Waals surface area (Å²) in [5.74, 6) is 0.109. The van der Waals surface area contributed by atoms with Crippen LogP contribution in [0.5, 0.6) is 5.75 Å². The monoisotopic (exact) mass is 513 g/mol. The molecule has 4 rings (SSSR count). The predicted octanol–water partition coefficient (Wildman–Crippen LogP) is 4.02. The van der Waals surface area contributed by atoms with Gasteiger partial charge in [0.05, 0.1) is 7.11 Å². The van der Waals surface area contributed by atoms with Crippen LogP contribution in [0.4, 0.5) is 4.39 Å². The Labute approximate surface area is 209 Å². The molecule has 0 bridgehead atoms. The molecule has 0 unspecified atom stereocenters. The zero-order valence-electron chi connectivity index (χ0n) is 20.1. The summed E-state index contributed by atoms with van der Waals surface area (Å²) in [5, 5.41) is 6.74. The number of nitrogens with one attached hydrogen (secondary N) is 1. The van der Waals surface area contributed by atoms with Crippen molar-refractivity contribution in [3.63, 3.8) is 0 Å². The SMILES string of the molecule is COc1ccc(/C=C\c2onc(C)c2S(=O)(=O)N2CCC(C(=O)NCc3ccc(F)cc3)CC2)cc1. The number of aromatic nitrogens is 1. The van der Waals surface area contributed by atoms with E-state index in [1.165, 1.54) is 16.4 Å². The first-order valence-corrected chi connectivity index (χ1v) is 13.0. The molecule has 8 nitrogen and oxygen atoms in total. The quantitative estimate of drug-likeness (QED) is 0.488. The number of hydrogen-bond donors (Lipinski definition) is 1. The minimum atomic E-state index is -3.86. The van der Waals surface area contributed by atoms with Gasteiger partial charge in [-0.05, 0) is 61.2 Å². The second-order valence-electron chi connectivity index (χ2n) is 8.59. The number of rotatable bonds is 8. The first-order chi connectivity index (χ1) is 17.3. The van der Waals surface area contributed by atoms with Crippen molar-refractivity contribution in [1.82, 2.24) is 14.8 Å². The Morgan fingerprint density at radius 1 is 1.14 bits per heavy atom. The number of halogens is 1. The number of carbonyl (C=O) groups excluding carboxylic acids is 1. The van der Waals surface area contributed by atoms with Crippen LogP contribution in [0, 0.1) is 18.7 Å². The van der Waals surface area contributed by atoms with E-state index in [1.807, 2.05) is 24.3 Å². The molecule has 1 aliphatic heterocycles. The summed E-state index contributed by atoms with van der Waals surface area (Å²) in [5.41, 5.74) is 1.92. The van der Waals surface area contributed by atoms with Crippen LogP contribution >= 0.6 is 0 Å². The van der Waals surface area contributed by atoms with Gasteiger partial charge in [0.1, 0.15) is 17.3 Å². The Morgan fingerprint density at radius 2 is 1.81 bits per heavy atom. The van der Waals surface area contributed by atoms with E-state index in [-0.39, 0.29) is 47.1 Å². The highest BCUT2D eigenvalue weighted by Crippen LogP contribution is 2.29. The molecule has 0 atom stereocenters. The van der Waals surface area contributed by atoms with Gasteiger partial charge < -0.3 is 14.6 Å². The lowest BCUT2D eigenvalue weighted by atomic mass is 9.97. The number of sulfonamides is 1. The number of aryl methyl sites for hydroxylation is 1. The van der Waals surface area contributed by atoms with E-state index in [2.05, 4.69) is 10.5 Å². The Hall–Kier alpha value is -3.50. The molecule has 36 heavy (non-hydrogen) atoms. The summed E-state index contributed by atoms with van der Waals surface area (Å²) in [6, 6.07) is 13.2. The van der Waals surface area contributed by atoms with Crippen LogP contribution in [-0.4, -0.2) is 44.0 Å². The molecule has 3 aromatic rings. The van der Waals surface area contributed by atoms with Gasteiger partial charge in [0.25, 0.3) is 0 Å². The summed E-state index contributed by atoms with van der Waals surface area (Å²) >= 11 is 0. The molecule has 2 heterocycles. The maximum atomic E-state index is 13.4. The number of piperidine rings is 1. The van der Waals surface area contributed by atoms with Crippen LogP contribution in [0.25, 0.3) is 12.2 Å². The topological polar surface area (TPSA) is 102 Å². The third-order valence-corrected chi connectivity index (χ3v) is 8.24. The van der Waals surface area contributed by atoms with E-state index in [0.717, 1.165) is 16.9 Å². The Bertz CT molecular complexity index is 1330. The third kappa shape index (κ3) is 5.83. The van der Waals surface area contributed by atoms with Gasteiger partial charge in [0.2, 0.25) is 15.9 Å². The van der Waals surface area contributed by atoms with Gasteiger partial charge in [0.15, 0.2) is 10.7 Å². The van der Waals surface area contributed by atoms with Crippen molar-refractivity contribution in [2.24, 2.45) is 5.92 Å². The largest absolute Gasteiger partial charge is 0.497 e. The summed E-state index contributed by atoms with van der Waals surface area (Å²) in [7, 11) is -2.28. The number of nitrogens with zero attached hydrogens (tertiary/aromatic N) is 2. The molecular formula is C26H28FN3O5S. The molecule has 1 fully saturated rings. The first kappa shape index (κ1) is 25.6. The number of benzene rings is 2. The van der Waals surface area contributed by atoms with Crippen LogP contribution in [0.2, 0.25) is 0 Å². The van der Waals surface area contributed by atoms with Gasteiger partial charge in [-0.1, -0.05) is 35.5 Å². The second kappa shape index (κ2) is 11.0. The Balaban J connectivity index is 1.39. The minimum Gasteiger partial charge on any atom is -0.497 e. The van der Waals surface area contributed by atoms with Gasteiger partial charge >= 0.3 is 0 Å². The van der Waals surface area contributed by atoms with E-state index in [9.17, 15) is 17.6 Å². The highest BCUT2D eigenvalue weighted by molar-refractivity contribution is 7.89. The maximum absolute atomic E-state index is 13.4. The van der Waals surface area contributed by atoms with Gasteiger partial charge in [-0.3, -0.25) is 4.79 Å². The maximum Gasteiger partial charge on any atom is 0.248 e. The van der Waals surface area contributed by atoms with Crippen molar-refractivity contribution in [3.05, 3.63) is 76.9 Å². The number of amides is 1. The summed E-state index contributed by atoms with van der Waals surface area (Å²) in [6.45, 7) is 2.31. The van der Waals surface area contributed by atoms with Crippen molar-refractivity contribution in [3.8, 4) is 5.75 Å². The summed E-state index contributed by atoms with van der Waals surface area (Å²) in [6.07, 6.45) is 4.13. The zero-order valence-corrected chi connectivity index (χ0v) is 20.9. The second-order valence-corrected chi connectivity index (χ2v) is 10.5. The van der Waals surface area contributed by atoms with Gasteiger partial charge in [-0.25, -0.2) is 12.8 Å². The van der Waals surface area contributed by atoms with E-state index in [4.69, 9.17) is 9.26 Å². The van der Waals surface area contributed by atoms with Gasteiger partial charge in [-0.15, -0.1) is 0 Å². The predicted molar refractivity (Wildman–Crippen MR) is 133 cm³/mol. The van der Waals surface area contributed by atoms with Crippen LogP contribution in [0.15, 0.2) is 57.9 Å². The molecule has 1 saturated heterocycles. The molecule has 10 heteroatoms. The number of hydrogen-bond acceptors (Lipinski definition) is 6. The fourth-order valence-corrected chi connectivity index (χ4v) is 5.83. The average Bonchev–Trinajstić information content (AvgIpc) is 3.28. The summed E-state index contributed by atoms with van der Waals surface area (Å²) < 4.78 is 51.8. The molecular weight excluding hydrogens is 485 g/mol. The lowest BCUT2D eigenvalue weighted by molar-refractivity contribution is -0.126. The molecule has 0 radical (unpaired) electrons. The number of carbonyl (C=O) groups is 1. The van der Waals surface area contributed by atoms with Gasteiger partial charge in [-0.2, -0.15) is 4.31 Å². The number of ether oxygens (including phenoxy) is 1. The molecule has 0 aliphatic carbocycles. The molecule has 1 aromatic heterocycles. The van der Waals surface area contributed by atoms with Crippen LogP contribution in [-0.2, 0) is 21.4 Å². The van der Waals surface area contributed by atoms with Crippen LogP contribution in [0.3, 0.4) is 0 Å². The van der Waals surface area contributed by atoms with E-state index in [0.29, 0.717) is 19.4 Å². The number of methoxy groups -OCH3 is 1.